The number of aromatic nitrogens is 3. The molecule has 0 saturated heterocycles. The van der Waals surface area contributed by atoms with E-state index in [1.165, 1.54) is 20.3 Å². The highest BCUT2D eigenvalue weighted by atomic mass is 32.2. The topological polar surface area (TPSA) is 95.3 Å². The van der Waals surface area contributed by atoms with E-state index in [1.54, 1.807) is 24.8 Å². The molecule has 1 heterocycles. The molecule has 0 amide bonds. The summed E-state index contributed by atoms with van der Waals surface area (Å²) < 4.78 is 40.7. The third-order valence-electron chi connectivity index (χ3n) is 4.49. The molecule has 1 aromatic heterocycles. The van der Waals surface area contributed by atoms with Crippen LogP contribution in [-0.4, -0.2) is 43.4 Å². The van der Waals surface area contributed by atoms with E-state index in [2.05, 4.69) is 14.9 Å². The molecule has 0 aliphatic heterocycles. The minimum absolute atomic E-state index is 0.113. The molecular formula is C16H22N4O4S. The molecule has 0 spiro atoms. The van der Waals surface area contributed by atoms with Gasteiger partial charge in [-0.15, -0.1) is 10.2 Å². The van der Waals surface area contributed by atoms with Gasteiger partial charge in [0.15, 0.2) is 0 Å². The monoisotopic (exact) mass is 366 g/mol. The summed E-state index contributed by atoms with van der Waals surface area (Å²) in [6.45, 7) is 0. The van der Waals surface area contributed by atoms with Gasteiger partial charge in [0.05, 0.1) is 14.2 Å². The lowest BCUT2D eigenvalue weighted by atomic mass is 9.91. The van der Waals surface area contributed by atoms with E-state index < -0.39 is 10.0 Å². The molecule has 25 heavy (non-hydrogen) atoms. The highest BCUT2D eigenvalue weighted by Crippen LogP contribution is 2.31. The van der Waals surface area contributed by atoms with Crippen molar-refractivity contribution in [2.45, 2.75) is 42.7 Å². The Hall–Kier alpha value is -2.13. The molecule has 2 atom stereocenters. The third kappa shape index (κ3) is 3.93. The summed E-state index contributed by atoms with van der Waals surface area (Å²) in [5, 5.41) is 7.66. The summed E-state index contributed by atoms with van der Waals surface area (Å²) in [5.74, 6) is 0.805. The lowest BCUT2D eigenvalue weighted by Crippen LogP contribution is -2.38. The maximum absolute atomic E-state index is 12.8. The molecule has 2 aromatic rings. The number of ether oxygens (including phenoxy) is 2. The average Bonchev–Trinajstić information content (AvgIpc) is 3.15. The zero-order valence-corrected chi connectivity index (χ0v) is 15.1. The first-order valence-electron chi connectivity index (χ1n) is 8.12. The molecule has 8 nitrogen and oxygen atoms in total. The standard InChI is InChI=1S/C16H22N4O4S/c1-23-14-6-7-16(15(9-14)24-2)25(21,22)19-12-4-3-5-13(8-12)20-10-17-18-11-20/h6-7,9-13,19H,3-5,8H2,1-2H3/t12-,13+/m0/s1. The Morgan fingerprint density at radius 1 is 1.16 bits per heavy atom. The Labute approximate surface area is 147 Å². The van der Waals surface area contributed by atoms with Crippen LogP contribution in [0, 0.1) is 0 Å². The molecule has 1 aliphatic rings. The van der Waals surface area contributed by atoms with Gasteiger partial charge in [-0.25, -0.2) is 13.1 Å². The van der Waals surface area contributed by atoms with Crippen molar-refractivity contribution in [3.8, 4) is 11.5 Å². The minimum Gasteiger partial charge on any atom is -0.497 e. The van der Waals surface area contributed by atoms with Crippen molar-refractivity contribution >= 4 is 10.0 Å². The maximum atomic E-state index is 12.8. The second-order valence-electron chi connectivity index (χ2n) is 6.06. The smallest absolute Gasteiger partial charge is 0.244 e. The van der Waals surface area contributed by atoms with E-state index in [-0.39, 0.29) is 22.7 Å². The van der Waals surface area contributed by atoms with Gasteiger partial charge >= 0.3 is 0 Å². The van der Waals surface area contributed by atoms with Gasteiger partial charge in [0.1, 0.15) is 29.0 Å². The van der Waals surface area contributed by atoms with Crippen LogP contribution in [0.25, 0.3) is 0 Å². The minimum atomic E-state index is -3.69. The van der Waals surface area contributed by atoms with E-state index >= 15 is 0 Å². The first-order chi connectivity index (χ1) is 12.0. The lowest BCUT2D eigenvalue weighted by Gasteiger charge is -2.30. The van der Waals surface area contributed by atoms with Gasteiger partial charge < -0.3 is 14.0 Å². The van der Waals surface area contributed by atoms with E-state index in [4.69, 9.17) is 9.47 Å². The van der Waals surface area contributed by atoms with Gasteiger partial charge in [0.2, 0.25) is 10.0 Å². The molecule has 3 rings (SSSR count). The lowest BCUT2D eigenvalue weighted by molar-refractivity contribution is 0.305. The summed E-state index contributed by atoms with van der Waals surface area (Å²) in [7, 11) is -0.728. The molecule has 1 aliphatic carbocycles. The van der Waals surface area contributed by atoms with Crippen molar-refractivity contribution in [1.29, 1.82) is 0 Å². The number of hydrogen-bond acceptors (Lipinski definition) is 6. The number of sulfonamides is 1. The molecule has 1 aromatic carbocycles. The second kappa shape index (κ2) is 7.40. The van der Waals surface area contributed by atoms with Crippen molar-refractivity contribution in [1.82, 2.24) is 19.5 Å². The number of nitrogens with zero attached hydrogens (tertiary/aromatic N) is 3. The number of benzene rings is 1. The molecule has 0 radical (unpaired) electrons. The van der Waals surface area contributed by atoms with Crippen LogP contribution in [0.3, 0.4) is 0 Å². The predicted octanol–water partition coefficient (Wildman–Crippen LogP) is 1.76. The van der Waals surface area contributed by atoms with Gasteiger partial charge in [-0.3, -0.25) is 0 Å². The van der Waals surface area contributed by atoms with Crippen LogP contribution in [-0.2, 0) is 10.0 Å². The summed E-state index contributed by atoms with van der Waals surface area (Å²) >= 11 is 0. The molecule has 1 N–H and O–H groups in total. The van der Waals surface area contributed by atoms with Crippen LogP contribution >= 0.6 is 0 Å². The van der Waals surface area contributed by atoms with Crippen molar-refractivity contribution in [2.24, 2.45) is 0 Å². The molecular weight excluding hydrogens is 344 g/mol. The maximum Gasteiger partial charge on any atom is 0.244 e. The summed E-state index contributed by atoms with van der Waals surface area (Å²) in [6, 6.07) is 4.74. The van der Waals surface area contributed by atoms with E-state index in [0.717, 1.165) is 19.3 Å². The first-order valence-corrected chi connectivity index (χ1v) is 9.60. The third-order valence-corrected chi connectivity index (χ3v) is 6.05. The predicted molar refractivity (Wildman–Crippen MR) is 91.2 cm³/mol. The Balaban J connectivity index is 1.77. The quantitative estimate of drug-likeness (QED) is 0.837. The molecule has 9 heteroatoms. The zero-order chi connectivity index (χ0) is 17.9. The SMILES string of the molecule is COc1ccc(S(=O)(=O)N[C@H]2CCC[C@@H](n3cnnc3)C2)c(OC)c1. The fourth-order valence-corrected chi connectivity index (χ4v) is 4.65. The number of rotatable bonds is 6. The van der Waals surface area contributed by atoms with Gasteiger partial charge in [0, 0.05) is 18.2 Å². The van der Waals surface area contributed by atoms with Crippen molar-refractivity contribution < 1.29 is 17.9 Å². The highest BCUT2D eigenvalue weighted by Gasteiger charge is 2.29. The molecule has 0 bridgehead atoms. The largest absolute Gasteiger partial charge is 0.497 e. The van der Waals surface area contributed by atoms with Gasteiger partial charge in [0.25, 0.3) is 0 Å². The van der Waals surface area contributed by atoms with Crippen LogP contribution in [0.15, 0.2) is 35.7 Å². The van der Waals surface area contributed by atoms with Crippen molar-refractivity contribution in [3.05, 3.63) is 30.9 Å². The van der Waals surface area contributed by atoms with Crippen LogP contribution in [0.4, 0.5) is 0 Å². The Morgan fingerprint density at radius 3 is 2.60 bits per heavy atom. The van der Waals surface area contributed by atoms with E-state index in [1.807, 2.05) is 4.57 Å². The number of methoxy groups -OCH3 is 2. The fraction of sp³-hybridized carbons (Fsp3) is 0.500. The summed E-state index contributed by atoms with van der Waals surface area (Å²) in [6.07, 6.45) is 6.78. The van der Waals surface area contributed by atoms with Crippen LogP contribution < -0.4 is 14.2 Å². The molecule has 1 saturated carbocycles. The van der Waals surface area contributed by atoms with E-state index in [9.17, 15) is 8.42 Å². The van der Waals surface area contributed by atoms with Crippen LogP contribution in [0.2, 0.25) is 0 Å². The molecule has 136 valence electrons. The Kier molecular flexibility index (Phi) is 5.24. The number of nitrogens with one attached hydrogen (secondary N) is 1. The fourth-order valence-electron chi connectivity index (χ4n) is 3.22. The summed E-state index contributed by atoms with van der Waals surface area (Å²) in [5.41, 5.74) is 0. The van der Waals surface area contributed by atoms with Crippen molar-refractivity contribution in [3.63, 3.8) is 0 Å². The highest BCUT2D eigenvalue weighted by molar-refractivity contribution is 7.89. The summed E-state index contributed by atoms with van der Waals surface area (Å²) in [4.78, 5) is 0.113. The zero-order valence-electron chi connectivity index (χ0n) is 14.3. The molecule has 1 fully saturated rings. The van der Waals surface area contributed by atoms with Crippen molar-refractivity contribution in [2.75, 3.05) is 14.2 Å². The normalized spacial score (nSPS) is 21.0. The van der Waals surface area contributed by atoms with Gasteiger partial charge in [-0.05, 0) is 37.8 Å². The van der Waals surface area contributed by atoms with E-state index in [0.29, 0.717) is 12.2 Å². The Morgan fingerprint density at radius 2 is 1.92 bits per heavy atom. The van der Waals surface area contributed by atoms with Crippen LogP contribution in [0.5, 0.6) is 11.5 Å². The van der Waals surface area contributed by atoms with Crippen LogP contribution in [0.1, 0.15) is 31.7 Å². The first kappa shape index (κ1) is 17.7. The number of hydrogen-bond donors (Lipinski definition) is 1. The molecule has 0 unspecified atom stereocenters. The average molecular weight is 366 g/mol. The Bertz CT molecular complexity index is 808. The van der Waals surface area contributed by atoms with Gasteiger partial charge in [-0.2, -0.15) is 0 Å². The van der Waals surface area contributed by atoms with Gasteiger partial charge in [-0.1, -0.05) is 0 Å². The second-order valence-corrected chi connectivity index (χ2v) is 7.75.